The molecule has 36 heavy (non-hydrogen) atoms. The number of para-hydroxylation sites is 1. The fourth-order valence-electron chi connectivity index (χ4n) is 3.25. The lowest BCUT2D eigenvalue weighted by atomic mass is 10.1. The number of methoxy groups -OCH3 is 1. The molecule has 0 aliphatic carbocycles. The number of amides is 2. The zero-order valence-corrected chi connectivity index (χ0v) is 22.3. The third kappa shape index (κ3) is 5.66. The highest BCUT2D eigenvalue weighted by molar-refractivity contribution is 8.18. The van der Waals surface area contributed by atoms with Gasteiger partial charge in [-0.2, -0.15) is 8.42 Å². The van der Waals surface area contributed by atoms with Gasteiger partial charge in [0.25, 0.3) is 11.1 Å². The number of carbonyl (C=O) groups excluding carboxylic acids is 2. The summed E-state index contributed by atoms with van der Waals surface area (Å²) in [6.45, 7) is -0.00862. The quantitative estimate of drug-likeness (QED) is 0.227. The lowest BCUT2D eigenvalue weighted by Crippen LogP contribution is -2.27. The van der Waals surface area contributed by atoms with Gasteiger partial charge in [0.15, 0.2) is 11.5 Å². The Morgan fingerprint density at radius 3 is 2.36 bits per heavy atom. The summed E-state index contributed by atoms with van der Waals surface area (Å²) < 4.78 is 36.5. The summed E-state index contributed by atoms with van der Waals surface area (Å²) in [5.74, 6) is -0.562. The van der Waals surface area contributed by atoms with Crippen molar-refractivity contribution in [2.75, 3.05) is 7.11 Å². The van der Waals surface area contributed by atoms with Gasteiger partial charge in [-0.05, 0) is 65.9 Å². The number of carbonyl (C=O) groups is 2. The topological polar surface area (TPSA) is 90.0 Å². The fourth-order valence-corrected chi connectivity index (χ4v) is 5.49. The predicted molar refractivity (Wildman–Crippen MR) is 140 cm³/mol. The molecule has 7 nitrogen and oxygen atoms in total. The molecule has 1 saturated heterocycles. The van der Waals surface area contributed by atoms with Crippen LogP contribution in [-0.2, 0) is 21.5 Å². The largest absolute Gasteiger partial charge is 0.493 e. The lowest BCUT2D eigenvalue weighted by molar-refractivity contribution is -0.123. The average molecular weight is 585 g/mol. The second-order valence-electron chi connectivity index (χ2n) is 7.39. The molecule has 1 aliphatic heterocycles. The average Bonchev–Trinajstić information content (AvgIpc) is 3.10. The van der Waals surface area contributed by atoms with Crippen LogP contribution in [0.1, 0.15) is 11.1 Å². The number of nitrogens with zero attached hydrogens (tertiary/aromatic N) is 1. The summed E-state index contributed by atoms with van der Waals surface area (Å²) in [4.78, 5) is 26.7. The molecule has 186 valence electrons. The SMILES string of the molecule is COc1cccc(/C=C2\SC(=O)N(Cc3ccc(Cl)c(Cl)c3)C2=O)c1OS(=O)(=O)c1ccc(Cl)cc1. The first-order valence-electron chi connectivity index (χ1n) is 10.2. The van der Waals surface area contributed by atoms with E-state index in [1.54, 1.807) is 30.3 Å². The Kier molecular flexibility index (Phi) is 7.87. The van der Waals surface area contributed by atoms with Crippen LogP contribution in [-0.4, -0.2) is 31.6 Å². The van der Waals surface area contributed by atoms with Gasteiger partial charge in [0.1, 0.15) is 4.90 Å². The Labute approximate surface area is 226 Å². The molecule has 2 amide bonds. The Bertz CT molecular complexity index is 1490. The fraction of sp³-hybridized carbons (Fsp3) is 0.0833. The van der Waals surface area contributed by atoms with E-state index < -0.39 is 21.3 Å². The first-order chi connectivity index (χ1) is 17.1. The highest BCUT2D eigenvalue weighted by atomic mass is 35.5. The summed E-state index contributed by atoms with van der Waals surface area (Å²) in [7, 11) is -2.91. The molecule has 3 aromatic carbocycles. The maximum atomic E-state index is 13.0. The molecule has 12 heteroatoms. The standard InChI is InChI=1S/C24H16Cl3NO6S2/c1-33-20-4-2-3-15(22(20)34-36(31,32)17-8-6-16(25)7-9-17)12-21-23(29)28(24(30)35-21)13-14-5-10-18(26)19(27)11-14/h2-12H,13H2,1H3/b21-12-. The van der Waals surface area contributed by atoms with Crippen LogP contribution >= 0.6 is 46.6 Å². The van der Waals surface area contributed by atoms with Crippen molar-refractivity contribution in [1.29, 1.82) is 0 Å². The normalized spacial score (nSPS) is 15.0. The van der Waals surface area contributed by atoms with Crippen molar-refractivity contribution in [3.05, 3.63) is 91.8 Å². The molecule has 0 bridgehead atoms. The number of ether oxygens (including phenoxy) is 1. The molecule has 0 aromatic heterocycles. The molecule has 0 atom stereocenters. The van der Waals surface area contributed by atoms with Gasteiger partial charge in [-0.3, -0.25) is 14.5 Å². The maximum absolute atomic E-state index is 13.0. The molecule has 1 fully saturated rings. The van der Waals surface area contributed by atoms with Crippen molar-refractivity contribution in [3.63, 3.8) is 0 Å². The van der Waals surface area contributed by atoms with Crippen LogP contribution in [0.2, 0.25) is 15.1 Å². The van der Waals surface area contributed by atoms with Crippen LogP contribution in [0.4, 0.5) is 4.79 Å². The molecular formula is C24H16Cl3NO6S2. The first-order valence-corrected chi connectivity index (χ1v) is 13.5. The van der Waals surface area contributed by atoms with Gasteiger partial charge in [-0.25, -0.2) is 0 Å². The minimum absolute atomic E-state index is 0.00862. The van der Waals surface area contributed by atoms with Crippen molar-refractivity contribution in [2.24, 2.45) is 0 Å². The van der Waals surface area contributed by atoms with Crippen LogP contribution in [0.3, 0.4) is 0 Å². The third-order valence-corrected chi connectivity index (χ3v) is 8.14. The molecule has 0 N–H and O–H groups in total. The van der Waals surface area contributed by atoms with Crippen molar-refractivity contribution in [3.8, 4) is 11.5 Å². The van der Waals surface area contributed by atoms with Gasteiger partial charge in [-0.15, -0.1) is 0 Å². The van der Waals surface area contributed by atoms with Gasteiger partial charge in [0.05, 0.1) is 28.6 Å². The van der Waals surface area contributed by atoms with Crippen LogP contribution < -0.4 is 8.92 Å². The number of imide groups is 1. The van der Waals surface area contributed by atoms with Crippen molar-refractivity contribution in [1.82, 2.24) is 4.90 Å². The number of benzene rings is 3. The number of hydrogen-bond donors (Lipinski definition) is 0. The Morgan fingerprint density at radius 2 is 1.69 bits per heavy atom. The van der Waals surface area contributed by atoms with Gasteiger partial charge < -0.3 is 8.92 Å². The van der Waals surface area contributed by atoms with Crippen LogP contribution in [0.15, 0.2) is 70.5 Å². The highest BCUT2D eigenvalue weighted by Gasteiger charge is 2.35. The van der Waals surface area contributed by atoms with Gasteiger partial charge in [0, 0.05) is 10.6 Å². The van der Waals surface area contributed by atoms with E-state index in [1.807, 2.05) is 0 Å². The van der Waals surface area contributed by atoms with E-state index in [-0.39, 0.29) is 33.4 Å². The number of thioether (sulfide) groups is 1. The van der Waals surface area contributed by atoms with E-state index in [4.69, 9.17) is 43.7 Å². The molecule has 4 rings (SSSR count). The Hall–Kier alpha value is -2.69. The van der Waals surface area contributed by atoms with E-state index in [0.717, 1.165) is 16.7 Å². The second kappa shape index (κ2) is 10.7. The van der Waals surface area contributed by atoms with E-state index in [0.29, 0.717) is 20.6 Å². The van der Waals surface area contributed by atoms with Crippen molar-refractivity contribution in [2.45, 2.75) is 11.4 Å². The summed E-state index contributed by atoms with van der Waals surface area (Å²) in [6.07, 6.45) is 1.38. The molecule has 0 radical (unpaired) electrons. The van der Waals surface area contributed by atoms with Crippen molar-refractivity contribution >= 4 is 73.9 Å². The number of hydrogen-bond acceptors (Lipinski definition) is 7. The summed E-state index contributed by atoms with van der Waals surface area (Å²) >= 11 is 18.5. The zero-order valence-electron chi connectivity index (χ0n) is 18.4. The third-order valence-electron chi connectivity index (χ3n) is 5.01. The van der Waals surface area contributed by atoms with E-state index in [2.05, 4.69) is 0 Å². The Balaban J connectivity index is 1.66. The summed E-state index contributed by atoms with van der Waals surface area (Å²) in [5, 5.41) is 0.533. The van der Waals surface area contributed by atoms with Crippen LogP contribution in [0.25, 0.3) is 6.08 Å². The van der Waals surface area contributed by atoms with E-state index in [1.165, 1.54) is 43.5 Å². The minimum Gasteiger partial charge on any atom is -0.493 e. The first kappa shape index (κ1) is 26.4. The molecular weight excluding hydrogens is 569 g/mol. The van der Waals surface area contributed by atoms with Gasteiger partial charge >= 0.3 is 10.1 Å². The molecule has 0 saturated carbocycles. The number of rotatable bonds is 7. The monoisotopic (exact) mass is 583 g/mol. The van der Waals surface area contributed by atoms with E-state index >= 15 is 0 Å². The number of halogens is 3. The van der Waals surface area contributed by atoms with Crippen LogP contribution in [0.5, 0.6) is 11.5 Å². The maximum Gasteiger partial charge on any atom is 0.339 e. The van der Waals surface area contributed by atoms with E-state index in [9.17, 15) is 18.0 Å². The Morgan fingerprint density at radius 1 is 0.972 bits per heavy atom. The predicted octanol–water partition coefficient (Wildman–Crippen LogP) is 6.66. The lowest BCUT2D eigenvalue weighted by Gasteiger charge is -2.14. The molecule has 3 aromatic rings. The van der Waals surface area contributed by atoms with Crippen molar-refractivity contribution < 1.29 is 26.9 Å². The smallest absolute Gasteiger partial charge is 0.339 e. The van der Waals surface area contributed by atoms with Gasteiger partial charge in [0.2, 0.25) is 0 Å². The molecule has 1 heterocycles. The van der Waals surface area contributed by atoms with Crippen LogP contribution in [0, 0.1) is 0 Å². The molecule has 0 unspecified atom stereocenters. The summed E-state index contributed by atoms with van der Waals surface area (Å²) in [5.41, 5.74) is 0.847. The summed E-state index contributed by atoms with van der Waals surface area (Å²) in [6, 6.07) is 14.9. The highest BCUT2D eigenvalue weighted by Crippen LogP contribution is 2.39. The molecule has 0 spiro atoms. The second-order valence-corrected chi connectivity index (χ2v) is 11.2. The minimum atomic E-state index is -4.26. The molecule has 1 aliphatic rings. The van der Waals surface area contributed by atoms with Gasteiger partial charge in [-0.1, -0.05) is 53.0 Å². The zero-order chi connectivity index (χ0) is 26.0.